The number of nitrogens with one attached hydrogen (secondary N) is 1. The number of piperidine rings is 1. The fraction of sp³-hybridized carbons (Fsp3) is 0.548. The van der Waals surface area contributed by atoms with Crippen LogP contribution in [-0.4, -0.2) is 75.1 Å². The first-order chi connectivity index (χ1) is 20.0. The summed E-state index contributed by atoms with van der Waals surface area (Å²) in [6, 6.07) is 15.7. The van der Waals surface area contributed by atoms with E-state index >= 15 is 0 Å². The maximum Gasteiger partial charge on any atom is 0.248 e. The zero-order valence-electron chi connectivity index (χ0n) is 24.5. The SMILES string of the molecule is COc1ccc(C2OCC(C)(C)[C@H](C(=O)CCCC(O)C(=O)NCC3CCN(S(=O)(=O)c4ccccc4)CC3)O2)cc1. The third-order valence-corrected chi connectivity index (χ3v) is 9.89. The predicted molar refractivity (Wildman–Crippen MR) is 156 cm³/mol. The fourth-order valence-corrected chi connectivity index (χ4v) is 6.84. The zero-order valence-corrected chi connectivity index (χ0v) is 25.3. The van der Waals surface area contributed by atoms with Gasteiger partial charge >= 0.3 is 0 Å². The molecule has 1 amide bonds. The summed E-state index contributed by atoms with van der Waals surface area (Å²) in [5.74, 6) is 0.261. The number of ketones is 1. The number of sulfonamides is 1. The molecule has 0 saturated carbocycles. The largest absolute Gasteiger partial charge is 0.497 e. The molecule has 2 N–H and O–H groups in total. The number of hydrogen-bond donors (Lipinski definition) is 2. The topological polar surface area (TPSA) is 131 Å². The number of carbonyl (C=O) groups excluding carboxylic acids is 2. The normalized spacial score (nSPS) is 22.3. The number of amides is 1. The standard InChI is InChI=1S/C31H42N2O8S/c1-31(2)21-40-30(23-12-14-24(39-3)15-13-23)41-28(31)26(34)10-7-11-27(35)29(36)32-20-22-16-18-33(19-17-22)42(37,38)25-8-5-4-6-9-25/h4-6,8-9,12-15,22,27-28,30,35H,7,10-11,16-21H2,1-3H3,(H,32,36)/t27?,28-,30?/m0/s1. The molecule has 10 nitrogen and oxygen atoms in total. The maximum atomic E-state index is 13.1. The minimum absolute atomic E-state index is 0.0911. The van der Waals surface area contributed by atoms with Crippen LogP contribution in [0, 0.1) is 11.3 Å². The molecule has 2 fully saturated rings. The maximum absolute atomic E-state index is 13.1. The molecule has 4 rings (SSSR count). The number of benzene rings is 2. The average Bonchev–Trinajstić information content (AvgIpc) is 3.00. The van der Waals surface area contributed by atoms with Gasteiger partial charge < -0.3 is 24.6 Å². The third-order valence-electron chi connectivity index (χ3n) is 7.98. The van der Waals surface area contributed by atoms with Crippen LogP contribution in [0.5, 0.6) is 5.75 Å². The number of ether oxygens (including phenoxy) is 3. The lowest BCUT2D eigenvalue weighted by Crippen LogP contribution is -2.47. The highest BCUT2D eigenvalue weighted by molar-refractivity contribution is 7.89. The highest BCUT2D eigenvalue weighted by atomic mass is 32.2. The summed E-state index contributed by atoms with van der Waals surface area (Å²) < 4.78 is 44.3. The Bertz CT molecular complexity index is 1290. The number of Topliss-reactive ketones (excluding diaryl/α,β-unsaturated/α-hetero) is 1. The summed E-state index contributed by atoms with van der Waals surface area (Å²) in [7, 11) is -1.93. The molecule has 0 bridgehead atoms. The van der Waals surface area contributed by atoms with E-state index in [4.69, 9.17) is 14.2 Å². The van der Waals surface area contributed by atoms with E-state index in [1.165, 1.54) is 4.31 Å². The van der Waals surface area contributed by atoms with Gasteiger partial charge in [0.05, 0.1) is 18.6 Å². The molecule has 2 unspecified atom stereocenters. The Kier molecular flexibility index (Phi) is 10.8. The summed E-state index contributed by atoms with van der Waals surface area (Å²) in [4.78, 5) is 25.9. The Hall–Kier alpha value is -2.83. The van der Waals surface area contributed by atoms with Crippen molar-refractivity contribution in [1.29, 1.82) is 0 Å². The molecule has 0 aromatic heterocycles. The second kappa shape index (κ2) is 14.1. The van der Waals surface area contributed by atoms with Gasteiger partial charge in [-0.2, -0.15) is 4.31 Å². The number of carbonyl (C=O) groups is 2. The molecule has 42 heavy (non-hydrogen) atoms. The zero-order chi connectivity index (χ0) is 30.3. The second-order valence-electron chi connectivity index (χ2n) is 11.7. The average molecular weight is 603 g/mol. The van der Waals surface area contributed by atoms with Gasteiger partial charge in [-0.15, -0.1) is 0 Å². The summed E-state index contributed by atoms with van der Waals surface area (Å²) in [5.41, 5.74) is 0.270. The third kappa shape index (κ3) is 7.96. The van der Waals surface area contributed by atoms with Gasteiger partial charge in [-0.05, 0) is 55.9 Å². The van der Waals surface area contributed by atoms with E-state index in [2.05, 4.69) is 5.32 Å². The molecule has 2 aromatic carbocycles. The van der Waals surface area contributed by atoms with Gasteiger partial charge in [-0.3, -0.25) is 9.59 Å². The van der Waals surface area contributed by atoms with E-state index in [0.29, 0.717) is 51.3 Å². The summed E-state index contributed by atoms with van der Waals surface area (Å²) in [5, 5.41) is 13.2. The van der Waals surface area contributed by atoms with Gasteiger partial charge in [0.2, 0.25) is 15.9 Å². The Morgan fingerprint density at radius 2 is 1.76 bits per heavy atom. The van der Waals surface area contributed by atoms with Crippen LogP contribution in [0.15, 0.2) is 59.5 Å². The number of aliphatic hydroxyl groups excluding tert-OH is 1. The smallest absolute Gasteiger partial charge is 0.248 e. The Morgan fingerprint density at radius 3 is 2.40 bits per heavy atom. The quantitative estimate of drug-likeness (QED) is 0.378. The molecule has 0 aliphatic carbocycles. The van der Waals surface area contributed by atoms with Crippen LogP contribution in [0.4, 0.5) is 0 Å². The second-order valence-corrected chi connectivity index (χ2v) is 13.6. The van der Waals surface area contributed by atoms with Gasteiger partial charge in [0.1, 0.15) is 18.0 Å². The summed E-state index contributed by atoms with van der Waals surface area (Å²) in [6.07, 6.45) is -0.677. The van der Waals surface area contributed by atoms with Crippen molar-refractivity contribution in [2.45, 2.75) is 69.3 Å². The number of methoxy groups -OCH3 is 1. The lowest BCUT2D eigenvalue weighted by atomic mass is 9.82. The van der Waals surface area contributed by atoms with Crippen LogP contribution in [0.2, 0.25) is 0 Å². The van der Waals surface area contributed by atoms with Crippen LogP contribution in [0.1, 0.15) is 57.8 Å². The van der Waals surface area contributed by atoms with Crippen molar-refractivity contribution in [2.75, 3.05) is 33.4 Å². The molecule has 11 heteroatoms. The van der Waals surface area contributed by atoms with Gasteiger partial charge in [0.25, 0.3) is 0 Å². The number of aliphatic hydroxyl groups is 1. The van der Waals surface area contributed by atoms with Crippen LogP contribution in [0.3, 0.4) is 0 Å². The number of hydrogen-bond acceptors (Lipinski definition) is 8. The molecule has 2 saturated heterocycles. The first kappa shape index (κ1) is 32.1. The molecule has 0 spiro atoms. The lowest BCUT2D eigenvalue weighted by molar-refractivity contribution is -0.257. The van der Waals surface area contributed by atoms with Crippen LogP contribution in [0.25, 0.3) is 0 Å². The van der Waals surface area contributed by atoms with Gasteiger partial charge in [0.15, 0.2) is 12.1 Å². The number of rotatable bonds is 12. The Labute approximate surface area is 248 Å². The van der Waals surface area contributed by atoms with Crippen LogP contribution in [-0.2, 0) is 29.1 Å². The van der Waals surface area contributed by atoms with Crippen molar-refractivity contribution in [2.24, 2.45) is 11.3 Å². The highest BCUT2D eigenvalue weighted by Crippen LogP contribution is 2.38. The predicted octanol–water partition coefficient (Wildman–Crippen LogP) is 3.45. The van der Waals surface area contributed by atoms with Gasteiger partial charge in [-0.1, -0.05) is 44.2 Å². The monoisotopic (exact) mass is 602 g/mol. The summed E-state index contributed by atoms with van der Waals surface area (Å²) in [6.45, 7) is 5.32. The first-order valence-corrected chi connectivity index (χ1v) is 15.9. The van der Waals surface area contributed by atoms with Crippen molar-refractivity contribution < 1.29 is 37.3 Å². The van der Waals surface area contributed by atoms with Crippen molar-refractivity contribution in [3.05, 3.63) is 60.2 Å². The minimum Gasteiger partial charge on any atom is -0.497 e. The molecule has 2 aliphatic rings. The summed E-state index contributed by atoms with van der Waals surface area (Å²) >= 11 is 0. The van der Waals surface area contributed by atoms with E-state index in [1.807, 2.05) is 38.1 Å². The Morgan fingerprint density at radius 1 is 1.10 bits per heavy atom. The fourth-order valence-electron chi connectivity index (χ4n) is 5.35. The van der Waals surface area contributed by atoms with E-state index in [1.54, 1.807) is 37.4 Å². The van der Waals surface area contributed by atoms with Crippen molar-refractivity contribution >= 4 is 21.7 Å². The van der Waals surface area contributed by atoms with E-state index in [0.717, 1.165) is 5.56 Å². The molecule has 2 aliphatic heterocycles. The lowest BCUT2D eigenvalue weighted by Gasteiger charge is -2.41. The van der Waals surface area contributed by atoms with Crippen molar-refractivity contribution in [3.8, 4) is 5.75 Å². The van der Waals surface area contributed by atoms with E-state index < -0.39 is 39.8 Å². The van der Waals surface area contributed by atoms with Crippen molar-refractivity contribution in [3.63, 3.8) is 0 Å². The van der Waals surface area contributed by atoms with Crippen molar-refractivity contribution in [1.82, 2.24) is 9.62 Å². The van der Waals surface area contributed by atoms with E-state index in [9.17, 15) is 23.1 Å². The number of nitrogens with zero attached hydrogens (tertiary/aromatic N) is 1. The van der Waals surface area contributed by atoms with E-state index in [-0.39, 0.29) is 29.4 Å². The minimum atomic E-state index is -3.53. The Balaban J connectivity index is 1.18. The molecule has 0 radical (unpaired) electrons. The van der Waals surface area contributed by atoms with Gasteiger partial charge in [-0.25, -0.2) is 8.42 Å². The first-order valence-electron chi connectivity index (χ1n) is 14.5. The van der Waals surface area contributed by atoms with Crippen LogP contribution < -0.4 is 10.1 Å². The molecule has 230 valence electrons. The molecule has 2 heterocycles. The van der Waals surface area contributed by atoms with Gasteiger partial charge in [0, 0.05) is 37.0 Å². The highest BCUT2D eigenvalue weighted by Gasteiger charge is 2.42. The van der Waals surface area contributed by atoms with Crippen LogP contribution >= 0.6 is 0 Å². The molecular weight excluding hydrogens is 560 g/mol. The molecule has 3 atom stereocenters. The molecule has 2 aromatic rings. The molecular formula is C31H42N2O8S.